The number of aryl methyl sites for hydroxylation is 1. The van der Waals surface area contributed by atoms with Gasteiger partial charge in [-0.2, -0.15) is 0 Å². The van der Waals surface area contributed by atoms with Crippen molar-refractivity contribution in [3.05, 3.63) is 53.2 Å². The van der Waals surface area contributed by atoms with Gasteiger partial charge in [-0.05, 0) is 49.6 Å². The second-order valence-corrected chi connectivity index (χ2v) is 5.43. The lowest BCUT2D eigenvalue weighted by Crippen LogP contribution is -2.25. The highest BCUT2D eigenvalue weighted by Crippen LogP contribution is 2.37. The summed E-state index contributed by atoms with van der Waals surface area (Å²) >= 11 is 5.97. The fourth-order valence-corrected chi connectivity index (χ4v) is 2.99. The van der Waals surface area contributed by atoms with E-state index in [4.69, 9.17) is 11.6 Å². The third-order valence-electron chi connectivity index (χ3n) is 3.61. The molecule has 0 N–H and O–H groups in total. The van der Waals surface area contributed by atoms with Gasteiger partial charge in [0.15, 0.2) is 0 Å². The number of rotatable bonds is 2. The van der Waals surface area contributed by atoms with Crippen LogP contribution in [-0.2, 0) is 12.3 Å². The molecule has 2 aromatic rings. The molecule has 0 radical (unpaired) electrons. The van der Waals surface area contributed by atoms with Crippen molar-refractivity contribution >= 4 is 23.1 Å². The zero-order chi connectivity index (χ0) is 13.4. The Balaban J connectivity index is 2.09. The van der Waals surface area contributed by atoms with Gasteiger partial charge in [0.1, 0.15) is 5.82 Å². The van der Waals surface area contributed by atoms with Crippen LogP contribution in [-0.4, -0.2) is 11.0 Å². The van der Waals surface area contributed by atoms with Crippen LogP contribution in [0.4, 0.5) is 11.5 Å². The zero-order valence-corrected chi connectivity index (χ0v) is 12.0. The SMILES string of the molecule is Cc1cc(CCl)cc(N2c3ccccc3CC2C)n1. The van der Waals surface area contributed by atoms with Gasteiger partial charge in [-0.1, -0.05) is 18.2 Å². The van der Waals surface area contributed by atoms with E-state index in [1.807, 2.05) is 13.0 Å². The lowest BCUT2D eigenvalue weighted by atomic mass is 10.1. The molecule has 1 aliphatic heterocycles. The van der Waals surface area contributed by atoms with Gasteiger partial charge in [-0.3, -0.25) is 0 Å². The van der Waals surface area contributed by atoms with E-state index in [1.165, 1.54) is 11.3 Å². The van der Waals surface area contributed by atoms with Gasteiger partial charge in [0.2, 0.25) is 0 Å². The molecule has 98 valence electrons. The number of pyridine rings is 1. The number of hydrogen-bond acceptors (Lipinski definition) is 2. The smallest absolute Gasteiger partial charge is 0.133 e. The number of halogens is 1. The van der Waals surface area contributed by atoms with Crippen LogP contribution in [0.1, 0.15) is 23.7 Å². The van der Waals surface area contributed by atoms with Crippen molar-refractivity contribution in [2.24, 2.45) is 0 Å². The van der Waals surface area contributed by atoms with Gasteiger partial charge in [0, 0.05) is 23.3 Å². The van der Waals surface area contributed by atoms with E-state index >= 15 is 0 Å². The molecule has 0 saturated heterocycles. The Labute approximate surface area is 119 Å². The lowest BCUT2D eigenvalue weighted by Gasteiger charge is -2.24. The molecule has 1 atom stereocenters. The molecule has 1 aliphatic rings. The largest absolute Gasteiger partial charge is 0.323 e. The quantitative estimate of drug-likeness (QED) is 0.761. The van der Waals surface area contributed by atoms with E-state index in [0.717, 1.165) is 23.5 Å². The Bertz CT molecular complexity index is 609. The monoisotopic (exact) mass is 272 g/mol. The van der Waals surface area contributed by atoms with E-state index in [0.29, 0.717) is 11.9 Å². The van der Waals surface area contributed by atoms with Crippen molar-refractivity contribution in [2.75, 3.05) is 4.90 Å². The minimum absolute atomic E-state index is 0.440. The molecule has 2 heterocycles. The van der Waals surface area contributed by atoms with Crippen LogP contribution in [0, 0.1) is 6.92 Å². The van der Waals surface area contributed by atoms with E-state index in [2.05, 4.69) is 47.1 Å². The van der Waals surface area contributed by atoms with Crippen molar-refractivity contribution in [1.29, 1.82) is 0 Å². The molecular weight excluding hydrogens is 256 g/mol. The minimum Gasteiger partial charge on any atom is -0.323 e. The minimum atomic E-state index is 0.440. The Morgan fingerprint density at radius 3 is 2.89 bits per heavy atom. The summed E-state index contributed by atoms with van der Waals surface area (Å²) in [6.45, 7) is 4.26. The zero-order valence-electron chi connectivity index (χ0n) is 11.2. The summed E-state index contributed by atoms with van der Waals surface area (Å²) in [4.78, 5) is 7.00. The maximum atomic E-state index is 5.97. The maximum absolute atomic E-state index is 5.97. The fraction of sp³-hybridized carbons (Fsp3) is 0.312. The summed E-state index contributed by atoms with van der Waals surface area (Å²) < 4.78 is 0. The topological polar surface area (TPSA) is 16.1 Å². The van der Waals surface area contributed by atoms with Crippen molar-refractivity contribution in [3.8, 4) is 0 Å². The fourth-order valence-electron chi connectivity index (χ4n) is 2.84. The van der Waals surface area contributed by atoms with E-state index < -0.39 is 0 Å². The van der Waals surface area contributed by atoms with Crippen LogP contribution < -0.4 is 4.90 Å². The molecule has 0 aliphatic carbocycles. The Morgan fingerprint density at radius 2 is 2.11 bits per heavy atom. The highest BCUT2D eigenvalue weighted by molar-refractivity contribution is 6.17. The van der Waals surface area contributed by atoms with Gasteiger partial charge in [0.05, 0.1) is 0 Å². The highest BCUT2D eigenvalue weighted by atomic mass is 35.5. The van der Waals surface area contributed by atoms with Crippen LogP contribution in [0.25, 0.3) is 0 Å². The summed E-state index contributed by atoms with van der Waals surface area (Å²) in [6.07, 6.45) is 1.07. The number of fused-ring (bicyclic) bond motifs is 1. The predicted molar refractivity (Wildman–Crippen MR) is 80.3 cm³/mol. The first kappa shape index (κ1) is 12.5. The standard InChI is InChI=1S/C16H17ClN2/c1-11-7-13(10-17)9-16(18-11)19-12(2)8-14-5-3-4-6-15(14)19/h3-7,9,12H,8,10H2,1-2H3. The first-order chi connectivity index (χ1) is 9.19. The van der Waals surface area contributed by atoms with Gasteiger partial charge in [0.25, 0.3) is 0 Å². The summed E-state index contributed by atoms with van der Waals surface area (Å²) in [7, 11) is 0. The second-order valence-electron chi connectivity index (χ2n) is 5.16. The first-order valence-corrected chi connectivity index (χ1v) is 7.13. The van der Waals surface area contributed by atoms with E-state index in [9.17, 15) is 0 Å². The molecule has 0 amide bonds. The van der Waals surface area contributed by atoms with Gasteiger partial charge in [-0.15, -0.1) is 11.6 Å². The molecule has 1 aromatic heterocycles. The number of aromatic nitrogens is 1. The molecular formula is C16H17ClN2. The van der Waals surface area contributed by atoms with Crippen LogP contribution in [0.3, 0.4) is 0 Å². The van der Waals surface area contributed by atoms with Crippen LogP contribution in [0.2, 0.25) is 0 Å². The number of hydrogen-bond donors (Lipinski definition) is 0. The van der Waals surface area contributed by atoms with Crippen LogP contribution in [0.15, 0.2) is 36.4 Å². The maximum Gasteiger partial charge on any atom is 0.133 e. The average Bonchev–Trinajstić information content (AvgIpc) is 2.73. The number of anilines is 2. The molecule has 1 unspecified atom stereocenters. The summed E-state index contributed by atoms with van der Waals surface area (Å²) in [5.41, 5.74) is 4.81. The Kier molecular flexibility index (Phi) is 3.19. The number of nitrogens with zero attached hydrogens (tertiary/aromatic N) is 2. The Morgan fingerprint density at radius 1 is 1.32 bits per heavy atom. The normalized spacial score (nSPS) is 17.6. The average molecular weight is 273 g/mol. The first-order valence-electron chi connectivity index (χ1n) is 6.59. The van der Waals surface area contributed by atoms with Crippen LogP contribution >= 0.6 is 11.6 Å². The third-order valence-corrected chi connectivity index (χ3v) is 3.92. The number of alkyl halides is 1. The molecule has 0 spiro atoms. The molecule has 3 heteroatoms. The predicted octanol–water partition coefficient (Wildman–Crippen LogP) is 4.21. The number of para-hydroxylation sites is 1. The lowest BCUT2D eigenvalue weighted by molar-refractivity contribution is 0.749. The van der Waals surface area contributed by atoms with Crippen molar-refractivity contribution < 1.29 is 0 Å². The van der Waals surface area contributed by atoms with Crippen molar-refractivity contribution in [3.63, 3.8) is 0 Å². The summed E-state index contributed by atoms with van der Waals surface area (Å²) in [5.74, 6) is 1.54. The second kappa shape index (κ2) is 4.86. The molecule has 0 bridgehead atoms. The third kappa shape index (κ3) is 2.21. The molecule has 2 nitrogen and oxygen atoms in total. The molecule has 0 saturated carbocycles. The highest BCUT2D eigenvalue weighted by Gasteiger charge is 2.27. The molecule has 19 heavy (non-hydrogen) atoms. The van der Waals surface area contributed by atoms with E-state index in [1.54, 1.807) is 0 Å². The molecule has 3 rings (SSSR count). The van der Waals surface area contributed by atoms with Crippen molar-refractivity contribution in [1.82, 2.24) is 4.98 Å². The summed E-state index contributed by atoms with van der Waals surface area (Å²) in [5, 5.41) is 0. The van der Waals surface area contributed by atoms with Gasteiger partial charge >= 0.3 is 0 Å². The van der Waals surface area contributed by atoms with Crippen molar-refractivity contribution in [2.45, 2.75) is 32.2 Å². The van der Waals surface area contributed by atoms with Crippen LogP contribution in [0.5, 0.6) is 0 Å². The molecule has 0 fully saturated rings. The van der Waals surface area contributed by atoms with E-state index in [-0.39, 0.29) is 0 Å². The number of benzene rings is 1. The molecule has 1 aromatic carbocycles. The summed E-state index contributed by atoms with van der Waals surface area (Å²) in [6, 6.07) is 13.1. The Hall–Kier alpha value is -1.54. The van der Waals surface area contributed by atoms with Gasteiger partial charge in [-0.25, -0.2) is 4.98 Å². The van der Waals surface area contributed by atoms with Gasteiger partial charge < -0.3 is 4.90 Å².